The number of H-pyrrole nitrogens is 1. The number of hydrogen-bond acceptors (Lipinski definition) is 9. The van der Waals surface area contributed by atoms with E-state index in [2.05, 4.69) is 36.7 Å². The van der Waals surface area contributed by atoms with Gasteiger partial charge in [-0.15, -0.1) is 12.3 Å². The number of halogens is 3. The molecule has 4 rings (SSSR count). The van der Waals surface area contributed by atoms with E-state index in [1.807, 2.05) is 0 Å². The Hall–Kier alpha value is -6.18. The lowest BCUT2D eigenvalue weighted by Crippen LogP contribution is -2.42. The molecule has 4 aromatic rings. The molecule has 4 amide bonds. The number of nitrogens with two attached hydrogens (primary N) is 1. The monoisotopic (exact) mass is 666 g/mol. The average molecular weight is 667 g/mol. The average Bonchev–Trinajstić information content (AvgIpc) is 3.67. The number of anilines is 2. The number of aromatic amines is 1. The highest BCUT2D eigenvalue weighted by Gasteiger charge is 2.37. The molecule has 0 unspecified atom stereocenters. The van der Waals surface area contributed by atoms with Gasteiger partial charge in [0.05, 0.1) is 0 Å². The Balaban J connectivity index is 1.58. The van der Waals surface area contributed by atoms with Crippen LogP contribution < -0.4 is 21.3 Å². The highest BCUT2D eigenvalue weighted by molar-refractivity contribution is 6.10. The molecule has 0 bridgehead atoms. The van der Waals surface area contributed by atoms with Crippen molar-refractivity contribution in [2.45, 2.75) is 39.0 Å². The van der Waals surface area contributed by atoms with Crippen molar-refractivity contribution in [3.8, 4) is 35.1 Å². The van der Waals surface area contributed by atoms with E-state index in [4.69, 9.17) is 21.3 Å². The SMILES string of the molecule is C#CCCNC(=O)c1ccc(-c2n[nH]c(C(N)=O)c2NC(=O)c2coc(-c3ccnc(N(CC(F)(F)F)C(=O)OC(C)(C)C)c3)n2)cc1. The number of carbonyl (C=O) groups excluding carboxylic acids is 4. The molecule has 48 heavy (non-hydrogen) atoms. The van der Waals surface area contributed by atoms with E-state index in [1.165, 1.54) is 39.0 Å². The van der Waals surface area contributed by atoms with Gasteiger partial charge in [-0.1, -0.05) is 12.1 Å². The molecular formula is C31H29F3N8O6. The van der Waals surface area contributed by atoms with E-state index in [1.54, 1.807) is 12.1 Å². The third-order valence-electron chi connectivity index (χ3n) is 6.18. The quantitative estimate of drug-likeness (QED) is 0.139. The summed E-state index contributed by atoms with van der Waals surface area (Å²) in [7, 11) is 0. The number of terminal acetylenes is 1. The first-order chi connectivity index (χ1) is 22.6. The molecule has 0 radical (unpaired) electrons. The first kappa shape index (κ1) is 34.7. The molecule has 17 heteroatoms. The molecule has 0 aliphatic carbocycles. The summed E-state index contributed by atoms with van der Waals surface area (Å²) in [6.07, 6.45) is 1.61. The summed E-state index contributed by atoms with van der Waals surface area (Å²) in [4.78, 5) is 58.6. The van der Waals surface area contributed by atoms with Crippen LogP contribution in [-0.2, 0) is 4.74 Å². The van der Waals surface area contributed by atoms with Crippen LogP contribution >= 0.6 is 0 Å². The fraction of sp³-hybridized carbons (Fsp3) is 0.258. The lowest BCUT2D eigenvalue weighted by atomic mass is 10.1. The Morgan fingerprint density at radius 3 is 2.42 bits per heavy atom. The van der Waals surface area contributed by atoms with Crippen LogP contribution in [0.5, 0.6) is 0 Å². The second kappa shape index (κ2) is 14.1. The normalized spacial score (nSPS) is 11.4. The number of alkyl halides is 3. The molecule has 0 saturated carbocycles. The number of primary amides is 1. The van der Waals surface area contributed by atoms with Gasteiger partial charge >= 0.3 is 12.3 Å². The van der Waals surface area contributed by atoms with Crippen LogP contribution in [-0.4, -0.2) is 68.8 Å². The van der Waals surface area contributed by atoms with Gasteiger partial charge in [-0.05, 0) is 45.0 Å². The van der Waals surface area contributed by atoms with Crippen LogP contribution in [0, 0.1) is 12.3 Å². The maximum absolute atomic E-state index is 13.4. The topological polar surface area (TPSA) is 198 Å². The molecule has 3 aromatic heterocycles. The predicted octanol–water partition coefficient (Wildman–Crippen LogP) is 4.53. The number of benzene rings is 1. The van der Waals surface area contributed by atoms with Crippen LogP contribution in [0.3, 0.4) is 0 Å². The number of hydrogen-bond donors (Lipinski definition) is 4. The highest BCUT2D eigenvalue weighted by Crippen LogP contribution is 2.31. The Morgan fingerprint density at radius 1 is 1.08 bits per heavy atom. The van der Waals surface area contributed by atoms with Gasteiger partial charge in [0.1, 0.15) is 41.3 Å². The van der Waals surface area contributed by atoms with Crippen molar-refractivity contribution in [2.75, 3.05) is 23.3 Å². The van der Waals surface area contributed by atoms with E-state index < -0.39 is 42.0 Å². The third kappa shape index (κ3) is 8.75. The fourth-order valence-corrected chi connectivity index (χ4v) is 4.10. The minimum Gasteiger partial charge on any atom is -0.444 e. The first-order valence-electron chi connectivity index (χ1n) is 14.1. The number of ether oxygens (including phenoxy) is 1. The van der Waals surface area contributed by atoms with E-state index in [-0.39, 0.29) is 40.1 Å². The van der Waals surface area contributed by atoms with Crippen molar-refractivity contribution in [1.82, 2.24) is 25.5 Å². The van der Waals surface area contributed by atoms with Gasteiger partial charge in [0, 0.05) is 35.9 Å². The third-order valence-corrected chi connectivity index (χ3v) is 6.18. The summed E-state index contributed by atoms with van der Waals surface area (Å²) in [5, 5.41) is 11.8. The number of oxazole rings is 1. The number of pyridine rings is 1. The van der Waals surface area contributed by atoms with E-state index in [9.17, 15) is 32.3 Å². The Labute approximate surface area is 271 Å². The van der Waals surface area contributed by atoms with Gasteiger partial charge in [0.2, 0.25) is 5.89 Å². The minimum absolute atomic E-state index is 0.0834. The Kier molecular flexibility index (Phi) is 10.2. The van der Waals surface area contributed by atoms with Crippen LogP contribution in [0.15, 0.2) is 53.3 Å². The molecule has 0 aliphatic rings. The van der Waals surface area contributed by atoms with Crippen LogP contribution in [0.2, 0.25) is 0 Å². The number of rotatable bonds is 10. The van der Waals surface area contributed by atoms with E-state index >= 15 is 0 Å². The van der Waals surface area contributed by atoms with Crippen LogP contribution in [0.4, 0.5) is 29.5 Å². The zero-order valence-electron chi connectivity index (χ0n) is 25.8. The highest BCUT2D eigenvalue weighted by atomic mass is 19.4. The van der Waals surface area contributed by atoms with Crippen molar-refractivity contribution in [1.29, 1.82) is 0 Å². The van der Waals surface area contributed by atoms with Crippen LogP contribution in [0.25, 0.3) is 22.7 Å². The molecule has 250 valence electrons. The number of nitrogens with one attached hydrogen (secondary N) is 3. The van der Waals surface area contributed by atoms with Crippen molar-refractivity contribution in [2.24, 2.45) is 5.73 Å². The van der Waals surface area contributed by atoms with Crippen molar-refractivity contribution in [3.63, 3.8) is 0 Å². The summed E-state index contributed by atoms with van der Waals surface area (Å²) < 4.78 is 50.6. The van der Waals surface area contributed by atoms with Gasteiger partial charge in [0.25, 0.3) is 17.7 Å². The lowest BCUT2D eigenvalue weighted by molar-refractivity contribution is -0.119. The molecule has 0 aliphatic heterocycles. The van der Waals surface area contributed by atoms with E-state index in [0.717, 1.165) is 18.5 Å². The van der Waals surface area contributed by atoms with Gasteiger partial charge in [-0.25, -0.2) is 14.8 Å². The zero-order valence-corrected chi connectivity index (χ0v) is 25.8. The molecule has 0 atom stereocenters. The van der Waals surface area contributed by atoms with Crippen molar-refractivity contribution in [3.05, 3.63) is 65.8 Å². The molecular weight excluding hydrogens is 637 g/mol. The standard InChI is InChI=1S/C31H29F3N8O6/c1-5-6-12-37-26(44)18-9-7-17(8-10-18)22-23(24(25(35)43)41-40-22)39-27(45)20-15-47-28(38-20)19-11-13-36-21(14-19)42(16-31(32,33)34)29(46)48-30(2,3)4/h1,7-11,13-15H,6,12,16H2,2-4H3,(H2,35,43)(H,37,44)(H,39,45)(H,40,41). The summed E-state index contributed by atoms with van der Waals surface area (Å²) in [6, 6.07) is 8.56. The minimum atomic E-state index is -4.78. The number of aromatic nitrogens is 4. The maximum atomic E-state index is 13.4. The number of amides is 4. The molecule has 14 nitrogen and oxygen atoms in total. The van der Waals surface area contributed by atoms with Crippen molar-refractivity contribution < 1.29 is 41.5 Å². The lowest BCUT2D eigenvalue weighted by Gasteiger charge is -2.27. The Morgan fingerprint density at radius 2 is 1.79 bits per heavy atom. The fourth-order valence-electron chi connectivity index (χ4n) is 4.10. The molecule has 0 spiro atoms. The summed E-state index contributed by atoms with van der Waals surface area (Å²) in [5.41, 5.74) is 4.72. The van der Waals surface area contributed by atoms with Gasteiger partial charge in [-0.3, -0.25) is 24.4 Å². The molecule has 0 fully saturated rings. The van der Waals surface area contributed by atoms with Crippen molar-refractivity contribution >= 4 is 35.3 Å². The van der Waals surface area contributed by atoms with Crippen LogP contribution in [0.1, 0.15) is 58.5 Å². The second-order valence-corrected chi connectivity index (χ2v) is 11.1. The molecule has 5 N–H and O–H groups in total. The predicted molar refractivity (Wildman–Crippen MR) is 166 cm³/mol. The largest absolute Gasteiger partial charge is 0.444 e. The zero-order chi connectivity index (χ0) is 35.2. The summed E-state index contributed by atoms with van der Waals surface area (Å²) in [5.74, 6) is -0.338. The smallest absolute Gasteiger partial charge is 0.416 e. The number of carbonyl (C=O) groups is 4. The summed E-state index contributed by atoms with van der Waals surface area (Å²) >= 11 is 0. The van der Waals surface area contributed by atoms with E-state index in [0.29, 0.717) is 29.0 Å². The molecule has 3 heterocycles. The van der Waals surface area contributed by atoms with Gasteiger partial charge in [-0.2, -0.15) is 18.3 Å². The van der Waals surface area contributed by atoms with Gasteiger partial charge < -0.3 is 25.5 Å². The molecule has 1 aromatic carbocycles. The maximum Gasteiger partial charge on any atom is 0.416 e. The second-order valence-electron chi connectivity index (χ2n) is 11.1. The molecule has 0 saturated heterocycles. The van der Waals surface area contributed by atoms with Gasteiger partial charge in [0.15, 0.2) is 5.69 Å². The summed E-state index contributed by atoms with van der Waals surface area (Å²) in [6.45, 7) is 3.11. The Bertz CT molecular complexity index is 1870. The first-order valence-corrected chi connectivity index (χ1v) is 14.1. The number of nitrogens with zero attached hydrogens (tertiary/aromatic N) is 4.